The van der Waals surface area contributed by atoms with Crippen molar-refractivity contribution >= 4 is 39.0 Å². The zero-order chi connectivity index (χ0) is 19.0. The molecule has 4 rings (SSSR count). The number of hydrogen-bond donors (Lipinski definition) is 0. The summed E-state index contributed by atoms with van der Waals surface area (Å²) >= 11 is 3.02. The number of hydrogen-bond acceptors (Lipinski definition) is 6. The van der Waals surface area contributed by atoms with E-state index in [4.69, 9.17) is 4.98 Å². The lowest BCUT2D eigenvalue weighted by atomic mass is 9.97. The number of para-hydroxylation sites is 1. The maximum absolute atomic E-state index is 13.1. The molecule has 0 bridgehead atoms. The number of fused-ring (bicyclic) bond motifs is 3. The number of nitrogens with zero attached hydrogens (tertiary/aromatic N) is 3. The van der Waals surface area contributed by atoms with Gasteiger partial charge in [-0.3, -0.25) is 19.5 Å². The molecule has 1 aromatic carbocycles. The largest absolute Gasteiger partial charge is 0.287 e. The summed E-state index contributed by atoms with van der Waals surface area (Å²) in [5.41, 5.74) is 1.95. The van der Waals surface area contributed by atoms with E-state index in [1.165, 1.54) is 34.7 Å². The topological polar surface area (TPSA) is 78.0 Å². The van der Waals surface area contributed by atoms with Crippen LogP contribution in [0.25, 0.3) is 10.2 Å². The minimum Gasteiger partial charge on any atom is -0.287 e. The summed E-state index contributed by atoms with van der Waals surface area (Å²) in [6, 6.07) is 6.71. The summed E-state index contributed by atoms with van der Waals surface area (Å²) in [6.45, 7) is 2.47. The number of rotatable bonds is 5. The zero-order valence-electron chi connectivity index (χ0n) is 14.9. The van der Waals surface area contributed by atoms with Crippen LogP contribution in [-0.2, 0) is 25.1 Å². The number of thioether (sulfide) groups is 1. The third kappa shape index (κ3) is 3.27. The Kier molecular flexibility index (Phi) is 5.01. The van der Waals surface area contributed by atoms with Gasteiger partial charge in [-0.05, 0) is 38.2 Å². The minimum atomic E-state index is -0.368. The average Bonchev–Trinajstić information content (AvgIpc) is 3.05. The second-order valence-electron chi connectivity index (χ2n) is 6.51. The van der Waals surface area contributed by atoms with Crippen LogP contribution >= 0.6 is 23.1 Å². The molecule has 0 atom stereocenters. The highest BCUT2D eigenvalue weighted by Crippen LogP contribution is 2.35. The first-order valence-corrected chi connectivity index (χ1v) is 10.8. The van der Waals surface area contributed by atoms with E-state index in [0.29, 0.717) is 23.0 Å². The fourth-order valence-corrected chi connectivity index (χ4v) is 5.92. The molecule has 0 amide bonds. The number of aromatic nitrogens is 2. The van der Waals surface area contributed by atoms with E-state index >= 15 is 0 Å². The predicted molar refractivity (Wildman–Crippen MR) is 109 cm³/mol. The fourth-order valence-electron chi connectivity index (χ4n) is 3.56. The van der Waals surface area contributed by atoms with Crippen LogP contribution in [0.3, 0.4) is 0 Å². The second-order valence-corrected chi connectivity index (χ2v) is 8.54. The highest BCUT2D eigenvalue weighted by molar-refractivity contribution is 7.98. The first-order chi connectivity index (χ1) is 13.1. The lowest BCUT2D eigenvalue weighted by molar-refractivity contribution is -0.385. The van der Waals surface area contributed by atoms with Crippen molar-refractivity contribution in [3.63, 3.8) is 0 Å². The first kappa shape index (κ1) is 18.2. The quantitative estimate of drug-likeness (QED) is 0.271. The van der Waals surface area contributed by atoms with Gasteiger partial charge in [-0.15, -0.1) is 11.3 Å². The van der Waals surface area contributed by atoms with Gasteiger partial charge in [0.2, 0.25) is 0 Å². The van der Waals surface area contributed by atoms with Crippen molar-refractivity contribution in [2.75, 3.05) is 0 Å². The summed E-state index contributed by atoms with van der Waals surface area (Å²) in [4.78, 5) is 30.8. The molecule has 8 heteroatoms. The van der Waals surface area contributed by atoms with Gasteiger partial charge in [-0.2, -0.15) is 0 Å². The van der Waals surface area contributed by atoms with E-state index in [9.17, 15) is 14.9 Å². The summed E-state index contributed by atoms with van der Waals surface area (Å²) < 4.78 is 1.70. The van der Waals surface area contributed by atoms with Gasteiger partial charge in [0, 0.05) is 28.8 Å². The van der Waals surface area contributed by atoms with Gasteiger partial charge < -0.3 is 0 Å². The standard InChI is InChI=1S/C19H19N3O3S2/c1-2-21-18(23)16-13-8-4-6-10-15(13)27-17(16)20-19(21)26-11-12-7-3-5-9-14(12)22(24)25/h3,5,7,9H,2,4,6,8,10-11H2,1H3. The number of thiophene rings is 1. The molecule has 0 saturated carbocycles. The first-order valence-electron chi connectivity index (χ1n) is 9.00. The van der Waals surface area contributed by atoms with Crippen molar-refractivity contribution < 1.29 is 4.92 Å². The maximum atomic E-state index is 13.1. The van der Waals surface area contributed by atoms with Crippen LogP contribution in [0.5, 0.6) is 0 Å². The van der Waals surface area contributed by atoms with Crippen molar-refractivity contribution in [2.45, 2.75) is 50.1 Å². The number of benzene rings is 1. The molecule has 0 radical (unpaired) electrons. The molecule has 6 nitrogen and oxygen atoms in total. The molecule has 0 N–H and O–H groups in total. The maximum Gasteiger partial charge on any atom is 0.273 e. The van der Waals surface area contributed by atoms with Crippen LogP contribution in [0.15, 0.2) is 34.2 Å². The van der Waals surface area contributed by atoms with Crippen LogP contribution in [0, 0.1) is 10.1 Å². The molecule has 0 saturated heterocycles. The molecule has 140 valence electrons. The van der Waals surface area contributed by atoms with Gasteiger partial charge in [-0.1, -0.05) is 30.0 Å². The minimum absolute atomic E-state index is 0.0203. The molecule has 2 heterocycles. The monoisotopic (exact) mass is 401 g/mol. The van der Waals surface area contributed by atoms with Gasteiger partial charge >= 0.3 is 0 Å². The Balaban J connectivity index is 1.74. The highest BCUT2D eigenvalue weighted by atomic mass is 32.2. The van der Waals surface area contributed by atoms with E-state index in [2.05, 4.69) is 0 Å². The summed E-state index contributed by atoms with van der Waals surface area (Å²) in [6.07, 6.45) is 4.28. The summed E-state index contributed by atoms with van der Waals surface area (Å²) in [5.74, 6) is 0.403. The van der Waals surface area contributed by atoms with E-state index in [0.717, 1.165) is 29.5 Å². The van der Waals surface area contributed by atoms with Gasteiger partial charge in [0.15, 0.2) is 5.16 Å². The normalized spacial score (nSPS) is 13.7. The Morgan fingerprint density at radius 2 is 2.07 bits per heavy atom. The Labute approximate surface area is 164 Å². The molecule has 0 unspecified atom stereocenters. The average molecular weight is 402 g/mol. The molecule has 27 heavy (non-hydrogen) atoms. The van der Waals surface area contributed by atoms with Crippen molar-refractivity contribution in [1.29, 1.82) is 0 Å². The van der Waals surface area contributed by atoms with Crippen molar-refractivity contribution in [1.82, 2.24) is 9.55 Å². The van der Waals surface area contributed by atoms with Crippen LogP contribution in [0.2, 0.25) is 0 Å². The Hall–Kier alpha value is -2.19. The zero-order valence-corrected chi connectivity index (χ0v) is 16.6. The fraction of sp³-hybridized carbons (Fsp3) is 0.368. The van der Waals surface area contributed by atoms with E-state index in [-0.39, 0.29) is 16.2 Å². The van der Waals surface area contributed by atoms with Crippen LogP contribution in [0.1, 0.15) is 35.8 Å². The Morgan fingerprint density at radius 3 is 2.85 bits per heavy atom. The summed E-state index contributed by atoms with van der Waals surface area (Å²) in [5, 5.41) is 12.6. The third-order valence-electron chi connectivity index (χ3n) is 4.90. The molecular weight excluding hydrogens is 382 g/mol. The Bertz CT molecular complexity index is 1090. The van der Waals surface area contributed by atoms with Crippen LogP contribution < -0.4 is 5.56 Å². The number of nitro benzene ring substituents is 1. The molecular formula is C19H19N3O3S2. The van der Waals surface area contributed by atoms with Crippen molar-refractivity contribution in [2.24, 2.45) is 0 Å². The van der Waals surface area contributed by atoms with Crippen molar-refractivity contribution in [3.05, 3.63) is 60.7 Å². The van der Waals surface area contributed by atoms with Gasteiger partial charge in [0.1, 0.15) is 4.83 Å². The SMILES string of the molecule is CCn1c(SCc2ccccc2[N+](=O)[O-])nc2sc3c(c2c1=O)CCCC3. The molecule has 1 aliphatic carbocycles. The molecule has 3 aromatic rings. The number of aryl methyl sites for hydroxylation is 2. The highest BCUT2D eigenvalue weighted by Gasteiger charge is 2.22. The van der Waals surface area contributed by atoms with Gasteiger partial charge in [-0.25, -0.2) is 4.98 Å². The molecule has 1 aliphatic rings. The van der Waals surface area contributed by atoms with Crippen LogP contribution in [0.4, 0.5) is 5.69 Å². The van der Waals surface area contributed by atoms with Gasteiger partial charge in [0.05, 0.1) is 10.3 Å². The van der Waals surface area contributed by atoms with Gasteiger partial charge in [0.25, 0.3) is 11.2 Å². The molecule has 2 aromatic heterocycles. The molecule has 0 fully saturated rings. The molecule has 0 spiro atoms. The third-order valence-corrected chi connectivity index (χ3v) is 7.11. The summed E-state index contributed by atoms with van der Waals surface area (Å²) in [7, 11) is 0. The van der Waals surface area contributed by atoms with E-state index in [1.807, 2.05) is 6.92 Å². The predicted octanol–water partition coefficient (Wildman–Crippen LogP) is 4.56. The number of nitro groups is 1. The lowest BCUT2D eigenvalue weighted by Crippen LogP contribution is -2.23. The molecule has 0 aliphatic heterocycles. The second kappa shape index (κ2) is 7.44. The van der Waals surface area contributed by atoms with Crippen LogP contribution in [-0.4, -0.2) is 14.5 Å². The Morgan fingerprint density at radius 1 is 1.30 bits per heavy atom. The van der Waals surface area contributed by atoms with Crippen molar-refractivity contribution in [3.8, 4) is 0 Å². The van der Waals surface area contributed by atoms with E-state index < -0.39 is 0 Å². The van der Waals surface area contributed by atoms with E-state index in [1.54, 1.807) is 34.1 Å². The smallest absolute Gasteiger partial charge is 0.273 e. The lowest BCUT2D eigenvalue weighted by Gasteiger charge is -2.12.